The maximum atomic E-state index is 5.45. The van der Waals surface area contributed by atoms with E-state index in [9.17, 15) is 0 Å². The van der Waals surface area contributed by atoms with Gasteiger partial charge in [-0.25, -0.2) is 0 Å². The van der Waals surface area contributed by atoms with Crippen LogP contribution in [-0.4, -0.2) is 23.9 Å². The van der Waals surface area contributed by atoms with E-state index in [1.165, 1.54) is 4.88 Å². The lowest BCUT2D eigenvalue weighted by molar-refractivity contribution is 0.400. The zero-order chi connectivity index (χ0) is 13.8. The van der Waals surface area contributed by atoms with Crippen molar-refractivity contribution in [3.05, 3.63) is 32.7 Å². The summed E-state index contributed by atoms with van der Waals surface area (Å²) in [6.07, 6.45) is 2.83. The first kappa shape index (κ1) is 14.6. The van der Waals surface area contributed by atoms with Crippen molar-refractivity contribution < 1.29 is 4.74 Å². The Balaban J connectivity index is 2.44. The summed E-state index contributed by atoms with van der Waals surface area (Å²) in [7, 11) is 3.65. The number of ether oxygens (including phenoxy) is 1. The van der Waals surface area contributed by atoms with Gasteiger partial charge >= 0.3 is 0 Å². The minimum Gasteiger partial charge on any atom is -0.493 e. The van der Waals surface area contributed by atoms with Crippen LogP contribution >= 0.6 is 27.3 Å². The molecule has 2 heterocycles. The van der Waals surface area contributed by atoms with Crippen molar-refractivity contribution in [3.8, 4) is 5.75 Å². The van der Waals surface area contributed by atoms with Crippen LogP contribution in [0.5, 0.6) is 5.75 Å². The molecule has 0 saturated heterocycles. The van der Waals surface area contributed by atoms with Gasteiger partial charge in [-0.2, -0.15) is 5.10 Å². The predicted octanol–water partition coefficient (Wildman–Crippen LogP) is 3.43. The number of aromatic nitrogens is 2. The van der Waals surface area contributed by atoms with Crippen molar-refractivity contribution in [2.45, 2.75) is 25.9 Å². The molecule has 0 spiro atoms. The van der Waals surface area contributed by atoms with Crippen LogP contribution in [0, 0.1) is 0 Å². The fraction of sp³-hybridized carbons (Fsp3) is 0.462. The smallest absolute Gasteiger partial charge is 0.161 e. The van der Waals surface area contributed by atoms with E-state index < -0.39 is 0 Å². The highest BCUT2D eigenvalue weighted by Gasteiger charge is 2.23. The molecule has 0 saturated carbocycles. The van der Waals surface area contributed by atoms with E-state index in [1.54, 1.807) is 24.6 Å². The summed E-state index contributed by atoms with van der Waals surface area (Å²) in [6, 6.07) is 4.29. The summed E-state index contributed by atoms with van der Waals surface area (Å²) in [5.74, 6) is 0.831. The van der Waals surface area contributed by atoms with E-state index >= 15 is 0 Å². The van der Waals surface area contributed by atoms with E-state index in [2.05, 4.69) is 45.4 Å². The second-order valence-electron chi connectivity index (χ2n) is 4.18. The standard InChI is InChI=1S/C13H18BrN3OS/c1-4-7-17-13(9(18-3)8-16-17)12(15-2)10-5-6-11(14)19-10/h5-6,8,12,15H,4,7H2,1-3H3. The molecule has 19 heavy (non-hydrogen) atoms. The molecule has 2 rings (SSSR count). The monoisotopic (exact) mass is 343 g/mol. The number of thiophene rings is 1. The van der Waals surface area contributed by atoms with E-state index in [4.69, 9.17) is 4.74 Å². The van der Waals surface area contributed by atoms with Crippen molar-refractivity contribution in [1.29, 1.82) is 0 Å². The zero-order valence-corrected chi connectivity index (χ0v) is 13.7. The number of nitrogens with one attached hydrogen (secondary N) is 1. The van der Waals surface area contributed by atoms with Crippen LogP contribution in [0.15, 0.2) is 22.1 Å². The zero-order valence-electron chi connectivity index (χ0n) is 11.3. The summed E-state index contributed by atoms with van der Waals surface area (Å²) in [5, 5.41) is 7.78. The third-order valence-corrected chi connectivity index (χ3v) is 4.63. The van der Waals surface area contributed by atoms with Gasteiger partial charge in [0.1, 0.15) is 5.69 Å². The Morgan fingerprint density at radius 1 is 1.53 bits per heavy atom. The van der Waals surface area contributed by atoms with Crippen LogP contribution in [0.4, 0.5) is 0 Å². The number of nitrogens with zero attached hydrogens (tertiary/aromatic N) is 2. The lowest BCUT2D eigenvalue weighted by Crippen LogP contribution is -2.21. The van der Waals surface area contributed by atoms with Gasteiger partial charge in [-0.3, -0.25) is 4.68 Å². The van der Waals surface area contributed by atoms with Gasteiger partial charge in [0.2, 0.25) is 0 Å². The lowest BCUT2D eigenvalue weighted by Gasteiger charge is -2.18. The second kappa shape index (κ2) is 6.54. The molecule has 104 valence electrons. The van der Waals surface area contributed by atoms with Gasteiger partial charge in [-0.15, -0.1) is 11.3 Å². The third kappa shape index (κ3) is 3.01. The fourth-order valence-electron chi connectivity index (χ4n) is 2.11. The molecule has 0 amide bonds. The minimum absolute atomic E-state index is 0.0975. The summed E-state index contributed by atoms with van der Waals surface area (Å²) >= 11 is 5.24. The Morgan fingerprint density at radius 2 is 2.32 bits per heavy atom. The molecule has 1 unspecified atom stereocenters. The largest absolute Gasteiger partial charge is 0.493 e. The van der Waals surface area contributed by atoms with Gasteiger partial charge in [-0.1, -0.05) is 6.92 Å². The van der Waals surface area contributed by atoms with Gasteiger partial charge in [0.15, 0.2) is 5.75 Å². The molecule has 0 aliphatic rings. The molecule has 2 aromatic rings. The van der Waals surface area contributed by atoms with E-state index in [1.807, 2.05) is 11.7 Å². The molecular weight excluding hydrogens is 326 g/mol. The second-order valence-corrected chi connectivity index (χ2v) is 6.68. The molecule has 6 heteroatoms. The van der Waals surface area contributed by atoms with Crippen LogP contribution in [0.3, 0.4) is 0 Å². The summed E-state index contributed by atoms with van der Waals surface area (Å²) in [4.78, 5) is 1.24. The van der Waals surface area contributed by atoms with Gasteiger partial charge < -0.3 is 10.1 Å². The SMILES string of the molecule is CCCn1ncc(OC)c1C(NC)c1ccc(Br)s1. The van der Waals surface area contributed by atoms with E-state index in [0.717, 1.165) is 28.2 Å². The van der Waals surface area contributed by atoms with Crippen molar-refractivity contribution >= 4 is 27.3 Å². The van der Waals surface area contributed by atoms with Crippen LogP contribution in [0.1, 0.15) is 30.0 Å². The normalized spacial score (nSPS) is 12.6. The third-order valence-electron chi connectivity index (χ3n) is 2.94. The van der Waals surface area contributed by atoms with Crippen molar-refractivity contribution in [2.75, 3.05) is 14.2 Å². The Hall–Kier alpha value is -0.850. The van der Waals surface area contributed by atoms with Gasteiger partial charge in [0.25, 0.3) is 0 Å². The fourth-order valence-corrected chi connectivity index (χ4v) is 3.65. The molecule has 0 radical (unpaired) electrons. The Morgan fingerprint density at radius 3 is 2.84 bits per heavy atom. The van der Waals surface area contributed by atoms with Crippen LogP contribution in [0.2, 0.25) is 0 Å². The van der Waals surface area contributed by atoms with Crippen molar-refractivity contribution in [1.82, 2.24) is 15.1 Å². The Labute approximate surface area is 125 Å². The van der Waals surface area contributed by atoms with Crippen molar-refractivity contribution in [2.24, 2.45) is 0 Å². The predicted molar refractivity (Wildman–Crippen MR) is 82.0 cm³/mol. The van der Waals surface area contributed by atoms with Gasteiger partial charge in [0, 0.05) is 11.4 Å². The Bertz CT molecular complexity index is 538. The first-order valence-corrected chi connectivity index (χ1v) is 7.84. The maximum absolute atomic E-state index is 5.45. The molecular formula is C13H18BrN3OS. The first-order chi connectivity index (χ1) is 9.21. The molecule has 0 bridgehead atoms. The number of methoxy groups -OCH3 is 1. The quantitative estimate of drug-likeness (QED) is 0.873. The first-order valence-electron chi connectivity index (χ1n) is 6.23. The summed E-state index contributed by atoms with van der Waals surface area (Å²) in [5.41, 5.74) is 1.08. The lowest BCUT2D eigenvalue weighted by atomic mass is 10.1. The minimum atomic E-state index is 0.0975. The highest BCUT2D eigenvalue weighted by molar-refractivity contribution is 9.11. The van der Waals surface area contributed by atoms with E-state index in [-0.39, 0.29) is 6.04 Å². The molecule has 0 aromatic carbocycles. The Kier molecular flexibility index (Phi) is 5.01. The van der Waals surface area contributed by atoms with Crippen LogP contribution < -0.4 is 10.1 Å². The van der Waals surface area contributed by atoms with Gasteiger partial charge in [-0.05, 0) is 41.5 Å². The highest BCUT2D eigenvalue weighted by Crippen LogP contribution is 2.35. The summed E-state index contributed by atoms with van der Waals surface area (Å²) in [6.45, 7) is 3.04. The number of aryl methyl sites for hydroxylation is 1. The van der Waals surface area contributed by atoms with Crippen molar-refractivity contribution in [3.63, 3.8) is 0 Å². The van der Waals surface area contributed by atoms with Crippen LogP contribution in [0.25, 0.3) is 0 Å². The topological polar surface area (TPSA) is 39.1 Å². The highest BCUT2D eigenvalue weighted by atomic mass is 79.9. The number of halogens is 1. The van der Waals surface area contributed by atoms with Gasteiger partial charge in [0.05, 0.1) is 23.1 Å². The van der Waals surface area contributed by atoms with Crippen LogP contribution in [-0.2, 0) is 6.54 Å². The van der Waals surface area contributed by atoms with E-state index in [0.29, 0.717) is 0 Å². The number of rotatable bonds is 6. The molecule has 2 aromatic heterocycles. The summed E-state index contributed by atoms with van der Waals surface area (Å²) < 4.78 is 8.60. The number of hydrogen-bond acceptors (Lipinski definition) is 4. The molecule has 0 aliphatic heterocycles. The average molecular weight is 344 g/mol. The molecule has 1 N–H and O–H groups in total. The average Bonchev–Trinajstić information content (AvgIpc) is 2.99. The molecule has 4 nitrogen and oxygen atoms in total. The number of hydrogen-bond donors (Lipinski definition) is 1. The molecule has 0 aliphatic carbocycles. The molecule has 1 atom stereocenters. The maximum Gasteiger partial charge on any atom is 0.161 e. The molecule has 0 fully saturated rings.